The SMILES string of the molecule is CC1COc2cc(C(C)(C)C)ccc2O1. The highest BCUT2D eigenvalue weighted by Crippen LogP contribution is 2.35. The zero-order chi connectivity index (χ0) is 11.1. The number of ether oxygens (including phenoxy) is 2. The molecule has 0 saturated carbocycles. The highest BCUT2D eigenvalue weighted by atomic mass is 16.6. The van der Waals surface area contributed by atoms with E-state index in [9.17, 15) is 0 Å². The first-order chi connectivity index (χ1) is 6.97. The third-order valence-corrected chi connectivity index (χ3v) is 2.61. The Balaban J connectivity index is 2.35. The fourth-order valence-corrected chi connectivity index (χ4v) is 1.64. The Morgan fingerprint density at radius 1 is 1.20 bits per heavy atom. The summed E-state index contributed by atoms with van der Waals surface area (Å²) in [5.41, 5.74) is 1.43. The lowest BCUT2D eigenvalue weighted by molar-refractivity contribution is 0.104. The predicted octanol–water partition coefficient (Wildman–Crippen LogP) is 3.14. The molecule has 15 heavy (non-hydrogen) atoms. The smallest absolute Gasteiger partial charge is 0.161 e. The molecule has 2 heteroatoms. The number of hydrogen-bond donors (Lipinski definition) is 0. The van der Waals surface area contributed by atoms with Crippen LogP contribution in [0.2, 0.25) is 0 Å². The first-order valence-corrected chi connectivity index (χ1v) is 5.41. The summed E-state index contributed by atoms with van der Waals surface area (Å²) in [4.78, 5) is 0. The number of rotatable bonds is 0. The quantitative estimate of drug-likeness (QED) is 0.649. The molecular formula is C13H18O2. The molecule has 1 unspecified atom stereocenters. The Kier molecular flexibility index (Phi) is 2.37. The largest absolute Gasteiger partial charge is 0.486 e. The van der Waals surface area contributed by atoms with E-state index in [1.54, 1.807) is 0 Å². The van der Waals surface area contributed by atoms with Crippen LogP contribution in [0.5, 0.6) is 11.5 Å². The van der Waals surface area contributed by atoms with Crippen molar-refractivity contribution >= 4 is 0 Å². The average molecular weight is 206 g/mol. The summed E-state index contributed by atoms with van der Waals surface area (Å²) in [6.07, 6.45) is 0.151. The molecule has 0 bridgehead atoms. The van der Waals surface area contributed by atoms with Crippen LogP contribution < -0.4 is 9.47 Å². The van der Waals surface area contributed by atoms with Crippen molar-refractivity contribution in [2.24, 2.45) is 0 Å². The van der Waals surface area contributed by atoms with Gasteiger partial charge < -0.3 is 9.47 Å². The van der Waals surface area contributed by atoms with Crippen molar-refractivity contribution in [3.8, 4) is 11.5 Å². The van der Waals surface area contributed by atoms with E-state index in [0.29, 0.717) is 6.61 Å². The van der Waals surface area contributed by atoms with Crippen LogP contribution in [0.1, 0.15) is 33.3 Å². The molecule has 1 aliphatic heterocycles. The monoisotopic (exact) mass is 206 g/mol. The number of hydrogen-bond acceptors (Lipinski definition) is 2. The van der Waals surface area contributed by atoms with Gasteiger partial charge in [-0.25, -0.2) is 0 Å². The minimum Gasteiger partial charge on any atom is -0.486 e. The van der Waals surface area contributed by atoms with Crippen LogP contribution in [0.4, 0.5) is 0 Å². The first kappa shape index (κ1) is 10.3. The van der Waals surface area contributed by atoms with Crippen LogP contribution in [0.15, 0.2) is 18.2 Å². The maximum atomic E-state index is 5.67. The van der Waals surface area contributed by atoms with E-state index >= 15 is 0 Å². The van der Waals surface area contributed by atoms with E-state index in [4.69, 9.17) is 9.47 Å². The van der Waals surface area contributed by atoms with Crippen LogP contribution in [-0.2, 0) is 5.41 Å². The summed E-state index contributed by atoms with van der Waals surface area (Å²) in [6.45, 7) is 9.24. The lowest BCUT2D eigenvalue weighted by atomic mass is 9.87. The zero-order valence-electron chi connectivity index (χ0n) is 9.83. The molecule has 2 nitrogen and oxygen atoms in total. The molecule has 0 radical (unpaired) electrons. The van der Waals surface area contributed by atoms with Gasteiger partial charge in [-0.1, -0.05) is 26.8 Å². The van der Waals surface area contributed by atoms with E-state index in [-0.39, 0.29) is 11.5 Å². The summed E-state index contributed by atoms with van der Waals surface area (Å²) >= 11 is 0. The van der Waals surface area contributed by atoms with Crippen molar-refractivity contribution in [2.45, 2.75) is 39.2 Å². The van der Waals surface area contributed by atoms with Gasteiger partial charge in [0.25, 0.3) is 0 Å². The van der Waals surface area contributed by atoms with Gasteiger partial charge in [0.15, 0.2) is 11.5 Å². The number of benzene rings is 1. The summed E-state index contributed by atoms with van der Waals surface area (Å²) < 4.78 is 11.3. The molecule has 0 aromatic heterocycles. The first-order valence-electron chi connectivity index (χ1n) is 5.41. The third-order valence-electron chi connectivity index (χ3n) is 2.61. The Morgan fingerprint density at radius 3 is 2.60 bits per heavy atom. The van der Waals surface area contributed by atoms with E-state index in [2.05, 4.69) is 32.9 Å². The summed E-state index contributed by atoms with van der Waals surface area (Å²) in [5.74, 6) is 1.74. The fraction of sp³-hybridized carbons (Fsp3) is 0.538. The molecule has 0 spiro atoms. The predicted molar refractivity (Wildman–Crippen MR) is 60.7 cm³/mol. The molecule has 0 aliphatic carbocycles. The third kappa shape index (κ3) is 2.09. The molecule has 0 saturated heterocycles. The Bertz CT molecular complexity index is 363. The van der Waals surface area contributed by atoms with Crippen LogP contribution in [-0.4, -0.2) is 12.7 Å². The molecule has 1 aromatic rings. The summed E-state index contributed by atoms with van der Waals surface area (Å²) in [5, 5.41) is 0. The molecule has 0 N–H and O–H groups in total. The van der Waals surface area contributed by atoms with Crippen LogP contribution >= 0.6 is 0 Å². The van der Waals surface area contributed by atoms with E-state index < -0.39 is 0 Å². The van der Waals surface area contributed by atoms with Gasteiger partial charge in [-0.2, -0.15) is 0 Å². The van der Waals surface area contributed by atoms with Crippen LogP contribution in [0.3, 0.4) is 0 Å². The van der Waals surface area contributed by atoms with Gasteiger partial charge in [-0.3, -0.25) is 0 Å². The minimum atomic E-state index is 0.151. The Hall–Kier alpha value is -1.18. The summed E-state index contributed by atoms with van der Waals surface area (Å²) in [7, 11) is 0. The molecule has 1 aromatic carbocycles. The van der Waals surface area contributed by atoms with Crippen LogP contribution in [0.25, 0.3) is 0 Å². The second-order valence-electron chi connectivity index (χ2n) is 5.15. The molecule has 1 atom stereocenters. The van der Waals surface area contributed by atoms with Crippen molar-refractivity contribution in [1.82, 2.24) is 0 Å². The zero-order valence-corrected chi connectivity index (χ0v) is 9.83. The van der Waals surface area contributed by atoms with Crippen molar-refractivity contribution in [1.29, 1.82) is 0 Å². The molecule has 0 fully saturated rings. The van der Waals surface area contributed by atoms with Gasteiger partial charge in [0, 0.05) is 0 Å². The van der Waals surface area contributed by atoms with Gasteiger partial charge in [-0.15, -0.1) is 0 Å². The Labute approximate surface area is 91.2 Å². The molecule has 82 valence electrons. The van der Waals surface area contributed by atoms with Gasteiger partial charge in [0.2, 0.25) is 0 Å². The standard InChI is InChI=1S/C13H18O2/c1-9-8-14-12-7-10(13(2,3)4)5-6-11(12)15-9/h5-7,9H,8H2,1-4H3. The highest BCUT2D eigenvalue weighted by molar-refractivity contribution is 5.45. The minimum absolute atomic E-state index is 0.151. The summed E-state index contributed by atoms with van der Waals surface area (Å²) in [6, 6.07) is 6.20. The topological polar surface area (TPSA) is 18.5 Å². The molecule has 1 aliphatic rings. The maximum Gasteiger partial charge on any atom is 0.161 e. The second kappa shape index (κ2) is 3.44. The van der Waals surface area contributed by atoms with Gasteiger partial charge in [0.1, 0.15) is 12.7 Å². The van der Waals surface area contributed by atoms with Crippen molar-refractivity contribution < 1.29 is 9.47 Å². The maximum absolute atomic E-state index is 5.67. The number of fused-ring (bicyclic) bond motifs is 1. The highest BCUT2D eigenvalue weighted by Gasteiger charge is 2.20. The molecular weight excluding hydrogens is 188 g/mol. The molecule has 0 amide bonds. The Morgan fingerprint density at radius 2 is 1.93 bits per heavy atom. The lowest BCUT2D eigenvalue weighted by Gasteiger charge is -2.26. The molecule has 1 heterocycles. The molecule has 2 rings (SSSR count). The average Bonchev–Trinajstić information content (AvgIpc) is 2.15. The van der Waals surface area contributed by atoms with Gasteiger partial charge in [0.05, 0.1) is 0 Å². The van der Waals surface area contributed by atoms with Gasteiger partial charge >= 0.3 is 0 Å². The van der Waals surface area contributed by atoms with E-state index in [0.717, 1.165) is 11.5 Å². The van der Waals surface area contributed by atoms with E-state index in [1.165, 1.54) is 5.56 Å². The van der Waals surface area contributed by atoms with E-state index in [1.807, 2.05) is 13.0 Å². The van der Waals surface area contributed by atoms with Crippen molar-refractivity contribution in [3.05, 3.63) is 23.8 Å². The normalized spacial score (nSPS) is 20.1. The fourth-order valence-electron chi connectivity index (χ4n) is 1.64. The van der Waals surface area contributed by atoms with Crippen LogP contribution in [0, 0.1) is 0 Å². The van der Waals surface area contributed by atoms with Gasteiger partial charge in [-0.05, 0) is 30.0 Å². The second-order valence-corrected chi connectivity index (χ2v) is 5.15. The van der Waals surface area contributed by atoms with Crippen molar-refractivity contribution in [2.75, 3.05) is 6.61 Å². The van der Waals surface area contributed by atoms with Crippen molar-refractivity contribution in [3.63, 3.8) is 0 Å². The lowest BCUT2D eigenvalue weighted by Crippen LogP contribution is -2.26.